The molecule has 5 nitrogen and oxygen atoms in total. The maximum absolute atomic E-state index is 12.0. The van der Waals surface area contributed by atoms with Crippen molar-refractivity contribution in [1.82, 2.24) is 9.55 Å². The molecule has 1 aromatic carbocycles. The van der Waals surface area contributed by atoms with Gasteiger partial charge in [-0.2, -0.15) is 0 Å². The van der Waals surface area contributed by atoms with Crippen LogP contribution in [0.15, 0.2) is 24.5 Å². The zero-order valence-electron chi connectivity index (χ0n) is 12.2. The van der Waals surface area contributed by atoms with Crippen LogP contribution in [0.5, 0.6) is 0 Å². The molecule has 0 unspecified atom stereocenters. The number of aliphatic hydroxyl groups excluding tert-OH is 1. The van der Waals surface area contributed by atoms with Gasteiger partial charge in [-0.1, -0.05) is 6.07 Å². The molecule has 112 valence electrons. The van der Waals surface area contributed by atoms with Crippen LogP contribution in [0.1, 0.15) is 49.0 Å². The lowest BCUT2D eigenvalue weighted by Crippen LogP contribution is -2.20. The normalized spacial score (nSPS) is 22.4. The number of imidazole rings is 1. The second kappa shape index (κ2) is 5.85. The summed E-state index contributed by atoms with van der Waals surface area (Å²) in [4.78, 5) is 16.4. The number of ether oxygens (including phenoxy) is 1. The third kappa shape index (κ3) is 2.65. The number of rotatable bonds is 3. The molecule has 1 fully saturated rings. The molecule has 1 saturated carbocycles. The largest absolute Gasteiger partial charge is 0.462 e. The average Bonchev–Trinajstić information content (AvgIpc) is 2.92. The van der Waals surface area contributed by atoms with E-state index in [1.165, 1.54) is 0 Å². The van der Waals surface area contributed by atoms with Crippen LogP contribution in [0.2, 0.25) is 0 Å². The second-order valence-electron chi connectivity index (χ2n) is 5.51. The van der Waals surface area contributed by atoms with Crippen LogP contribution in [0.4, 0.5) is 0 Å². The van der Waals surface area contributed by atoms with Crippen molar-refractivity contribution in [3.63, 3.8) is 0 Å². The van der Waals surface area contributed by atoms with Crippen molar-refractivity contribution in [3.8, 4) is 0 Å². The summed E-state index contributed by atoms with van der Waals surface area (Å²) < 4.78 is 7.21. The van der Waals surface area contributed by atoms with Crippen molar-refractivity contribution in [1.29, 1.82) is 0 Å². The van der Waals surface area contributed by atoms with Gasteiger partial charge in [0.15, 0.2) is 0 Å². The molecule has 0 bridgehead atoms. The smallest absolute Gasteiger partial charge is 0.340 e. The molecular weight excluding hydrogens is 268 g/mol. The second-order valence-corrected chi connectivity index (χ2v) is 5.51. The van der Waals surface area contributed by atoms with E-state index in [2.05, 4.69) is 9.55 Å². The molecular formula is C16H20N2O3. The van der Waals surface area contributed by atoms with E-state index in [-0.39, 0.29) is 12.1 Å². The first kappa shape index (κ1) is 14.1. The highest BCUT2D eigenvalue weighted by molar-refractivity contribution is 6.02. The van der Waals surface area contributed by atoms with Gasteiger partial charge in [0.05, 0.1) is 30.1 Å². The van der Waals surface area contributed by atoms with E-state index in [1.54, 1.807) is 19.3 Å². The molecule has 1 N–H and O–H groups in total. The van der Waals surface area contributed by atoms with Gasteiger partial charge in [-0.25, -0.2) is 9.78 Å². The van der Waals surface area contributed by atoms with Crippen LogP contribution in [0.3, 0.4) is 0 Å². The van der Waals surface area contributed by atoms with E-state index < -0.39 is 0 Å². The maximum Gasteiger partial charge on any atom is 0.340 e. The Balaban J connectivity index is 1.95. The zero-order chi connectivity index (χ0) is 14.8. The molecule has 3 rings (SSSR count). The Morgan fingerprint density at radius 2 is 2.14 bits per heavy atom. The molecule has 2 aromatic rings. The molecule has 1 aliphatic carbocycles. The first-order chi connectivity index (χ1) is 10.2. The zero-order valence-corrected chi connectivity index (χ0v) is 12.2. The third-order valence-corrected chi connectivity index (χ3v) is 4.16. The number of nitrogens with zero attached hydrogens (tertiary/aromatic N) is 2. The lowest BCUT2D eigenvalue weighted by Gasteiger charge is -2.26. The molecule has 21 heavy (non-hydrogen) atoms. The van der Waals surface area contributed by atoms with Gasteiger partial charge >= 0.3 is 5.97 Å². The van der Waals surface area contributed by atoms with Crippen LogP contribution in [-0.2, 0) is 4.74 Å². The first-order valence-corrected chi connectivity index (χ1v) is 7.51. The number of aliphatic hydroxyl groups is 1. The van der Waals surface area contributed by atoms with Crippen molar-refractivity contribution in [2.45, 2.75) is 44.8 Å². The number of aromatic nitrogens is 2. The Labute approximate surface area is 123 Å². The van der Waals surface area contributed by atoms with E-state index in [0.717, 1.165) is 31.2 Å². The van der Waals surface area contributed by atoms with Crippen molar-refractivity contribution < 1.29 is 14.6 Å². The predicted octanol–water partition coefficient (Wildman–Crippen LogP) is 2.69. The van der Waals surface area contributed by atoms with E-state index in [1.807, 2.05) is 12.1 Å². The fraction of sp³-hybridized carbons (Fsp3) is 0.500. The molecule has 0 spiro atoms. The predicted molar refractivity (Wildman–Crippen MR) is 79.2 cm³/mol. The standard InChI is InChI=1S/C16H20N2O3/c1-2-21-16(20)13-4-3-5-14-15(13)17-10-18(14)11-6-8-12(19)9-7-11/h3-5,10-12,19H,2,6-9H2,1H3. The summed E-state index contributed by atoms with van der Waals surface area (Å²) in [5.74, 6) is -0.326. The summed E-state index contributed by atoms with van der Waals surface area (Å²) in [6, 6.07) is 5.94. The number of benzene rings is 1. The Morgan fingerprint density at radius 3 is 2.86 bits per heavy atom. The number of esters is 1. The van der Waals surface area contributed by atoms with Gasteiger partial charge in [0.2, 0.25) is 0 Å². The van der Waals surface area contributed by atoms with Gasteiger partial charge in [-0.15, -0.1) is 0 Å². The Morgan fingerprint density at radius 1 is 1.38 bits per heavy atom. The van der Waals surface area contributed by atoms with E-state index >= 15 is 0 Å². The lowest BCUT2D eigenvalue weighted by atomic mass is 9.93. The van der Waals surface area contributed by atoms with Crippen LogP contribution in [0.25, 0.3) is 11.0 Å². The third-order valence-electron chi connectivity index (χ3n) is 4.16. The Kier molecular flexibility index (Phi) is 3.92. The molecule has 0 atom stereocenters. The number of carbonyl (C=O) groups excluding carboxylic acids is 1. The number of para-hydroxylation sites is 1. The van der Waals surface area contributed by atoms with Crippen molar-refractivity contribution in [2.24, 2.45) is 0 Å². The number of fused-ring (bicyclic) bond motifs is 1. The molecule has 1 heterocycles. The summed E-state index contributed by atoms with van der Waals surface area (Å²) in [5.41, 5.74) is 2.17. The number of hydrogen-bond acceptors (Lipinski definition) is 4. The average molecular weight is 288 g/mol. The SMILES string of the molecule is CCOC(=O)c1cccc2c1ncn2C1CCC(O)CC1. The van der Waals surface area contributed by atoms with Crippen LogP contribution < -0.4 is 0 Å². The number of hydrogen-bond donors (Lipinski definition) is 1. The summed E-state index contributed by atoms with van der Waals surface area (Å²) in [7, 11) is 0. The fourth-order valence-corrected chi connectivity index (χ4v) is 3.06. The van der Waals surface area contributed by atoms with Crippen molar-refractivity contribution in [2.75, 3.05) is 6.61 Å². The van der Waals surface area contributed by atoms with Crippen molar-refractivity contribution >= 4 is 17.0 Å². The van der Waals surface area contributed by atoms with Gasteiger partial charge in [-0.3, -0.25) is 0 Å². The lowest BCUT2D eigenvalue weighted by molar-refractivity contribution is 0.0528. The molecule has 0 amide bonds. The molecule has 1 aromatic heterocycles. The molecule has 0 aliphatic heterocycles. The van der Waals surface area contributed by atoms with E-state index in [9.17, 15) is 9.90 Å². The van der Waals surface area contributed by atoms with Gasteiger partial charge in [0.25, 0.3) is 0 Å². The molecule has 1 aliphatic rings. The van der Waals surface area contributed by atoms with Crippen molar-refractivity contribution in [3.05, 3.63) is 30.1 Å². The highest BCUT2D eigenvalue weighted by Crippen LogP contribution is 2.31. The summed E-state index contributed by atoms with van der Waals surface area (Å²) >= 11 is 0. The summed E-state index contributed by atoms with van der Waals surface area (Å²) in [6.07, 6.45) is 5.15. The minimum Gasteiger partial charge on any atom is -0.462 e. The minimum absolute atomic E-state index is 0.175. The Bertz CT molecular complexity index is 642. The van der Waals surface area contributed by atoms with Gasteiger partial charge in [0.1, 0.15) is 5.52 Å². The van der Waals surface area contributed by atoms with Gasteiger partial charge in [-0.05, 0) is 44.7 Å². The van der Waals surface area contributed by atoms with Crippen LogP contribution in [0, 0.1) is 0 Å². The van der Waals surface area contributed by atoms with Crippen LogP contribution in [-0.4, -0.2) is 33.3 Å². The first-order valence-electron chi connectivity index (χ1n) is 7.51. The highest BCUT2D eigenvalue weighted by atomic mass is 16.5. The molecule has 5 heteroatoms. The van der Waals surface area contributed by atoms with Gasteiger partial charge in [0, 0.05) is 6.04 Å². The van der Waals surface area contributed by atoms with Crippen LogP contribution >= 0.6 is 0 Å². The topological polar surface area (TPSA) is 64.3 Å². The monoisotopic (exact) mass is 288 g/mol. The highest BCUT2D eigenvalue weighted by Gasteiger charge is 2.23. The summed E-state index contributed by atoms with van der Waals surface area (Å²) in [6.45, 7) is 2.15. The van der Waals surface area contributed by atoms with Gasteiger partial charge < -0.3 is 14.4 Å². The molecule has 0 radical (unpaired) electrons. The quantitative estimate of drug-likeness (QED) is 0.882. The number of carbonyl (C=O) groups is 1. The fourth-order valence-electron chi connectivity index (χ4n) is 3.06. The molecule has 0 saturated heterocycles. The summed E-state index contributed by atoms with van der Waals surface area (Å²) in [5, 5.41) is 9.63. The van der Waals surface area contributed by atoms with E-state index in [0.29, 0.717) is 23.7 Å². The Hall–Kier alpha value is -1.88. The maximum atomic E-state index is 12.0. The minimum atomic E-state index is -0.326. The van der Waals surface area contributed by atoms with E-state index in [4.69, 9.17) is 4.74 Å².